The van der Waals surface area contributed by atoms with Crippen LogP contribution < -0.4 is 4.90 Å². The maximum Gasteiger partial charge on any atom is 0.0713 e. The Bertz CT molecular complexity index is 3360. The molecule has 296 valence electrons. The number of hydrogen-bond acceptors (Lipinski definition) is 2. The maximum atomic E-state index is 2.47. The molecule has 1 aliphatic rings. The summed E-state index contributed by atoms with van der Waals surface area (Å²) in [6.07, 6.45) is 0. The van der Waals surface area contributed by atoms with E-state index in [9.17, 15) is 0 Å². The van der Waals surface area contributed by atoms with Crippen molar-refractivity contribution in [1.29, 1.82) is 0 Å². The van der Waals surface area contributed by atoms with Crippen LogP contribution >= 0.6 is 11.3 Å². The number of benzene rings is 10. The first-order chi connectivity index (χ1) is 31.3. The molecular formula is C61H41NS. The van der Waals surface area contributed by atoms with Crippen molar-refractivity contribution in [1.82, 2.24) is 0 Å². The molecule has 0 spiro atoms. The Kier molecular flexibility index (Phi) is 8.98. The third-order valence-electron chi connectivity index (χ3n) is 13.0. The Morgan fingerprint density at radius 3 is 1.37 bits per heavy atom. The van der Waals surface area contributed by atoms with Gasteiger partial charge in [-0.2, -0.15) is 0 Å². The summed E-state index contributed by atoms with van der Waals surface area (Å²) >= 11 is 1.87. The van der Waals surface area contributed by atoms with Crippen molar-refractivity contribution in [3.8, 4) is 44.5 Å². The minimum Gasteiger partial charge on any atom is -0.310 e. The van der Waals surface area contributed by atoms with Gasteiger partial charge in [0.05, 0.1) is 11.1 Å². The number of nitrogens with zero attached hydrogens (tertiary/aromatic N) is 1. The summed E-state index contributed by atoms with van der Waals surface area (Å²) in [5, 5.41) is 2.56. The molecule has 0 atom stereocenters. The number of anilines is 3. The third kappa shape index (κ3) is 6.06. The molecule has 0 aliphatic heterocycles. The van der Waals surface area contributed by atoms with Gasteiger partial charge in [0.25, 0.3) is 0 Å². The molecule has 0 fully saturated rings. The van der Waals surface area contributed by atoms with Crippen molar-refractivity contribution in [2.24, 2.45) is 0 Å². The van der Waals surface area contributed by atoms with E-state index >= 15 is 0 Å². The standard InChI is InChI=1S/C61H41NS/c1-4-16-42(17-5-1)44-28-30-46(31-29-44)59-56(40-41-58-60(59)53-24-12-15-27-57(53)63-58)62(49-36-32-45(33-37-49)43-18-6-2-7-19-43)50-38-34-48(35-39-50)61(47-20-8-3-9-21-47)54-25-13-10-22-51(54)52-23-11-14-26-55(52)61/h1-41H. The van der Waals surface area contributed by atoms with E-state index in [-0.39, 0.29) is 0 Å². The number of hydrogen-bond donors (Lipinski definition) is 0. The highest BCUT2D eigenvalue weighted by atomic mass is 32.1. The molecule has 12 rings (SSSR count). The van der Waals surface area contributed by atoms with Crippen LogP contribution in [0.3, 0.4) is 0 Å². The van der Waals surface area contributed by atoms with E-state index in [1.807, 2.05) is 11.3 Å². The van der Waals surface area contributed by atoms with Gasteiger partial charge in [0.1, 0.15) is 0 Å². The largest absolute Gasteiger partial charge is 0.310 e. The Labute approximate surface area is 372 Å². The van der Waals surface area contributed by atoms with E-state index in [1.54, 1.807) is 0 Å². The smallest absolute Gasteiger partial charge is 0.0713 e. The third-order valence-corrected chi connectivity index (χ3v) is 14.1. The van der Waals surface area contributed by atoms with Gasteiger partial charge in [-0.15, -0.1) is 11.3 Å². The normalized spacial score (nSPS) is 12.6. The van der Waals surface area contributed by atoms with E-state index in [4.69, 9.17) is 0 Å². The quantitative estimate of drug-likeness (QED) is 0.148. The molecule has 10 aromatic carbocycles. The minimum atomic E-state index is -0.477. The molecule has 11 aromatic rings. The van der Waals surface area contributed by atoms with Crippen LogP contribution in [0, 0.1) is 0 Å². The highest BCUT2D eigenvalue weighted by Crippen LogP contribution is 2.56. The molecule has 0 radical (unpaired) electrons. The molecule has 0 amide bonds. The van der Waals surface area contributed by atoms with Crippen molar-refractivity contribution in [3.63, 3.8) is 0 Å². The van der Waals surface area contributed by atoms with Gasteiger partial charge < -0.3 is 4.90 Å². The van der Waals surface area contributed by atoms with Gasteiger partial charge >= 0.3 is 0 Å². The summed E-state index contributed by atoms with van der Waals surface area (Å²) in [6.45, 7) is 0. The van der Waals surface area contributed by atoms with Crippen LogP contribution in [0.4, 0.5) is 17.1 Å². The van der Waals surface area contributed by atoms with Crippen LogP contribution in [0.25, 0.3) is 64.7 Å². The molecule has 0 saturated heterocycles. The maximum absolute atomic E-state index is 2.47. The van der Waals surface area contributed by atoms with Crippen LogP contribution in [0.1, 0.15) is 22.3 Å². The SMILES string of the molecule is c1ccc(-c2ccc(-c3c(N(c4ccc(-c5ccccc5)cc4)c4ccc(C5(c6ccccc6)c6ccccc6-c6ccccc65)cc4)ccc4sc5ccccc5c34)cc2)cc1. The molecule has 2 heteroatoms. The molecule has 0 N–H and O–H groups in total. The van der Waals surface area contributed by atoms with E-state index in [0.717, 1.165) is 17.1 Å². The summed E-state index contributed by atoms with van der Waals surface area (Å²) in [6, 6.07) is 91.5. The molecule has 1 aliphatic carbocycles. The zero-order valence-electron chi connectivity index (χ0n) is 34.5. The second-order valence-corrected chi connectivity index (χ2v) is 17.5. The van der Waals surface area contributed by atoms with Crippen LogP contribution in [0.15, 0.2) is 249 Å². The minimum absolute atomic E-state index is 0.477. The predicted molar refractivity (Wildman–Crippen MR) is 268 cm³/mol. The molecular weight excluding hydrogens is 779 g/mol. The van der Waals surface area contributed by atoms with Crippen molar-refractivity contribution < 1.29 is 0 Å². The van der Waals surface area contributed by atoms with E-state index in [0.29, 0.717) is 0 Å². The van der Waals surface area contributed by atoms with Crippen LogP contribution in [-0.2, 0) is 5.41 Å². The molecule has 0 unspecified atom stereocenters. The fourth-order valence-electron chi connectivity index (χ4n) is 10.2. The van der Waals surface area contributed by atoms with Crippen LogP contribution in [-0.4, -0.2) is 0 Å². The summed E-state index contributed by atoms with van der Waals surface area (Å²) in [7, 11) is 0. The van der Waals surface area contributed by atoms with E-state index < -0.39 is 5.41 Å². The van der Waals surface area contributed by atoms with Gasteiger partial charge in [-0.1, -0.05) is 206 Å². The second-order valence-electron chi connectivity index (χ2n) is 16.4. The lowest BCUT2D eigenvalue weighted by Gasteiger charge is -2.34. The monoisotopic (exact) mass is 819 g/mol. The highest BCUT2D eigenvalue weighted by Gasteiger charge is 2.45. The molecule has 0 saturated carbocycles. The Morgan fingerprint density at radius 2 is 0.762 bits per heavy atom. The predicted octanol–water partition coefficient (Wildman–Crippen LogP) is 16.9. The lowest BCUT2D eigenvalue weighted by molar-refractivity contribution is 0.768. The molecule has 0 bridgehead atoms. The van der Waals surface area contributed by atoms with Gasteiger partial charge in [-0.25, -0.2) is 0 Å². The lowest BCUT2D eigenvalue weighted by atomic mass is 9.68. The van der Waals surface area contributed by atoms with Crippen LogP contribution in [0.5, 0.6) is 0 Å². The van der Waals surface area contributed by atoms with Crippen LogP contribution in [0.2, 0.25) is 0 Å². The summed E-state index contributed by atoms with van der Waals surface area (Å²) < 4.78 is 2.57. The first-order valence-electron chi connectivity index (χ1n) is 21.7. The van der Waals surface area contributed by atoms with Gasteiger partial charge in [0.2, 0.25) is 0 Å². The first-order valence-corrected chi connectivity index (χ1v) is 22.5. The topological polar surface area (TPSA) is 3.24 Å². The Hall–Kier alpha value is -7.78. The Morgan fingerprint density at radius 1 is 0.317 bits per heavy atom. The zero-order chi connectivity index (χ0) is 41.7. The molecule has 1 heterocycles. The van der Waals surface area contributed by atoms with Gasteiger partial charge in [-0.3, -0.25) is 0 Å². The van der Waals surface area contributed by atoms with E-state index in [1.165, 1.54) is 86.9 Å². The van der Waals surface area contributed by atoms with E-state index in [2.05, 4.69) is 254 Å². The molecule has 1 aromatic heterocycles. The van der Waals surface area contributed by atoms with Gasteiger partial charge in [0.15, 0.2) is 0 Å². The average Bonchev–Trinajstić information content (AvgIpc) is 3.90. The molecule has 63 heavy (non-hydrogen) atoms. The summed E-state index contributed by atoms with van der Waals surface area (Å²) in [5.41, 5.74) is 17.8. The number of thiophene rings is 1. The highest BCUT2D eigenvalue weighted by molar-refractivity contribution is 7.26. The van der Waals surface area contributed by atoms with Gasteiger partial charge in [0, 0.05) is 37.1 Å². The average molecular weight is 820 g/mol. The van der Waals surface area contributed by atoms with Crippen molar-refractivity contribution in [2.45, 2.75) is 5.41 Å². The molecule has 1 nitrogen and oxygen atoms in total. The lowest BCUT2D eigenvalue weighted by Crippen LogP contribution is -2.28. The fourth-order valence-corrected chi connectivity index (χ4v) is 11.3. The Balaban J connectivity index is 1.09. The van der Waals surface area contributed by atoms with Gasteiger partial charge in [-0.05, 0) is 104 Å². The fraction of sp³-hybridized carbons (Fsp3) is 0.0164. The number of rotatable bonds is 8. The van der Waals surface area contributed by atoms with Crippen molar-refractivity contribution >= 4 is 48.6 Å². The summed E-state index contributed by atoms with van der Waals surface area (Å²) in [5.74, 6) is 0. The second kappa shape index (κ2) is 15.3. The number of fused-ring (bicyclic) bond motifs is 6. The summed E-state index contributed by atoms with van der Waals surface area (Å²) in [4.78, 5) is 2.47. The zero-order valence-corrected chi connectivity index (χ0v) is 35.3. The van der Waals surface area contributed by atoms with Crippen molar-refractivity contribution in [3.05, 3.63) is 271 Å². The van der Waals surface area contributed by atoms with Crippen molar-refractivity contribution in [2.75, 3.05) is 4.90 Å². The first kappa shape index (κ1) is 37.0.